The highest BCUT2D eigenvalue weighted by atomic mass is 16.6. The van der Waals surface area contributed by atoms with Crippen LogP contribution in [0.5, 0.6) is 0 Å². The van der Waals surface area contributed by atoms with Crippen molar-refractivity contribution in [3.05, 3.63) is 35.9 Å². The van der Waals surface area contributed by atoms with Crippen LogP contribution in [0.4, 0.5) is 9.59 Å². The molecule has 2 rings (SSSR count). The zero-order valence-electron chi connectivity index (χ0n) is 15.6. The molecule has 7 heteroatoms. The summed E-state index contributed by atoms with van der Waals surface area (Å²) in [5, 5.41) is 12.3. The van der Waals surface area contributed by atoms with Gasteiger partial charge in [-0.1, -0.05) is 30.3 Å². The maximum absolute atomic E-state index is 12.3. The third-order valence-electron chi connectivity index (χ3n) is 4.16. The van der Waals surface area contributed by atoms with Gasteiger partial charge < -0.3 is 24.8 Å². The zero-order chi connectivity index (χ0) is 19.2. The normalized spacial score (nSPS) is 20.4. The molecule has 2 atom stereocenters. The van der Waals surface area contributed by atoms with Crippen molar-refractivity contribution >= 4 is 12.2 Å². The summed E-state index contributed by atoms with van der Waals surface area (Å²) < 4.78 is 10.6. The second-order valence-electron chi connectivity index (χ2n) is 7.47. The zero-order valence-corrected chi connectivity index (χ0v) is 15.6. The predicted molar refractivity (Wildman–Crippen MR) is 96.6 cm³/mol. The van der Waals surface area contributed by atoms with Gasteiger partial charge in [0.25, 0.3) is 0 Å². The highest BCUT2D eigenvalue weighted by molar-refractivity contribution is 5.69. The minimum absolute atomic E-state index is 0.0621. The lowest BCUT2D eigenvalue weighted by Crippen LogP contribution is -2.55. The highest BCUT2D eigenvalue weighted by Crippen LogP contribution is 2.19. The number of benzene rings is 1. The fraction of sp³-hybridized carbons (Fsp3) is 0.579. The summed E-state index contributed by atoms with van der Waals surface area (Å²) in [6.45, 7) is 6.24. The molecule has 2 amide bonds. The summed E-state index contributed by atoms with van der Waals surface area (Å²) in [6, 6.07) is 9.06. The number of rotatable bonds is 4. The van der Waals surface area contributed by atoms with Crippen molar-refractivity contribution in [1.82, 2.24) is 10.2 Å². The van der Waals surface area contributed by atoms with Crippen LogP contribution >= 0.6 is 0 Å². The molecule has 0 aromatic heterocycles. The van der Waals surface area contributed by atoms with Crippen LogP contribution < -0.4 is 5.32 Å². The molecule has 0 unspecified atom stereocenters. The maximum atomic E-state index is 12.3. The molecule has 1 aliphatic rings. The molecule has 1 heterocycles. The van der Waals surface area contributed by atoms with E-state index in [1.807, 2.05) is 30.3 Å². The molecule has 0 spiro atoms. The quantitative estimate of drug-likeness (QED) is 0.857. The van der Waals surface area contributed by atoms with E-state index in [9.17, 15) is 14.7 Å². The van der Waals surface area contributed by atoms with Crippen molar-refractivity contribution < 1.29 is 24.2 Å². The van der Waals surface area contributed by atoms with E-state index >= 15 is 0 Å². The van der Waals surface area contributed by atoms with Gasteiger partial charge in [-0.2, -0.15) is 0 Å². The van der Waals surface area contributed by atoms with Crippen LogP contribution in [0.15, 0.2) is 30.3 Å². The van der Waals surface area contributed by atoms with Gasteiger partial charge in [-0.05, 0) is 32.8 Å². The van der Waals surface area contributed by atoms with Crippen molar-refractivity contribution in [1.29, 1.82) is 0 Å². The van der Waals surface area contributed by atoms with Crippen LogP contribution in [-0.4, -0.2) is 53.5 Å². The number of likely N-dealkylation sites (tertiary alicyclic amines) is 1. The number of hydrogen-bond donors (Lipinski definition) is 2. The molecule has 0 saturated carbocycles. The van der Waals surface area contributed by atoms with Gasteiger partial charge >= 0.3 is 12.2 Å². The van der Waals surface area contributed by atoms with Crippen molar-refractivity contribution in [2.45, 2.75) is 45.4 Å². The minimum Gasteiger partial charge on any atom is -0.445 e. The third-order valence-corrected chi connectivity index (χ3v) is 4.16. The van der Waals surface area contributed by atoms with Gasteiger partial charge in [-0.3, -0.25) is 0 Å². The standard InChI is InChI=1S/C19H28N2O5/c1-19(2,3)26-17(23)20-16-11-21(10-9-15(16)12-22)18(24)25-13-14-7-5-4-6-8-14/h4-8,15-16,22H,9-13H2,1-3H3,(H,20,23)/t15-,16-/m1/s1. The van der Waals surface area contributed by atoms with Crippen molar-refractivity contribution in [2.24, 2.45) is 5.92 Å². The molecule has 26 heavy (non-hydrogen) atoms. The van der Waals surface area contributed by atoms with Crippen molar-refractivity contribution in [2.75, 3.05) is 19.7 Å². The SMILES string of the molecule is CC(C)(C)OC(=O)N[C@@H]1CN(C(=O)OCc2ccccc2)CC[C@@H]1CO. The number of nitrogens with zero attached hydrogens (tertiary/aromatic N) is 1. The second-order valence-corrected chi connectivity index (χ2v) is 7.47. The van der Waals surface area contributed by atoms with Gasteiger partial charge in [-0.15, -0.1) is 0 Å². The molecule has 2 N–H and O–H groups in total. The third kappa shape index (κ3) is 6.22. The second kappa shape index (κ2) is 8.89. The molecule has 1 aliphatic heterocycles. The number of amides is 2. The molecule has 1 aromatic carbocycles. The fourth-order valence-corrected chi connectivity index (χ4v) is 2.82. The van der Waals surface area contributed by atoms with Gasteiger partial charge in [0.1, 0.15) is 12.2 Å². The topological polar surface area (TPSA) is 88.1 Å². The van der Waals surface area contributed by atoms with E-state index in [0.29, 0.717) is 13.0 Å². The maximum Gasteiger partial charge on any atom is 0.410 e. The number of nitrogens with one attached hydrogen (secondary N) is 1. The summed E-state index contributed by atoms with van der Waals surface area (Å²) in [5.74, 6) is -0.124. The highest BCUT2D eigenvalue weighted by Gasteiger charge is 2.33. The van der Waals surface area contributed by atoms with E-state index in [-0.39, 0.29) is 31.7 Å². The molecule has 7 nitrogen and oxygen atoms in total. The molecule has 1 saturated heterocycles. The van der Waals surface area contributed by atoms with E-state index in [4.69, 9.17) is 9.47 Å². The lowest BCUT2D eigenvalue weighted by atomic mass is 9.92. The first-order valence-corrected chi connectivity index (χ1v) is 8.84. The van der Waals surface area contributed by atoms with E-state index < -0.39 is 17.8 Å². The molecule has 1 aromatic rings. The summed E-state index contributed by atoms with van der Waals surface area (Å²) >= 11 is 0. The first-order chi connectivity index (χ1) is 12.3. The molecule has 1 fully saturated rings. The average Bonchev–Trinajstić information content (AvgIpc) is 2.58. The Hall–Kier alpha value is -2.28. The molecule has 0 radical (unpaired) electrons. The largest absolute Gasteiger partial charge is 0.445 e. The van der Waals surface area contributed by atoms with Gasteiger partial charge in [-0.25, -0.2) is 9.59 Å². The number of carbonyl (C=O) groups is 2. The first kappa shape index (κ1) is 20.0. The summed E-state index contributed by atoms with van der Waals surface area (Å²) in [6.07, 6.45) is -0.404. The van der Waals surface area contributed by atoms with Crippen LogP contribution in [0.25, 0.3) is 0 Å². The first-order valence-electron chi connectivity index (χ1n) is 8.84. The van der Waals surface area contributed by atoms with Crippen LogP contribution in [0.3, 0.4) is 0 Å². The summed E-state index contributed by atoms with van der Waals surface area (Å²) in [7, 11) is 0. The lowest BCUT2D eigenvalue weighted by Gasteiger charge is -2.37. The van der Waals surface area contributed by atoms with Crippen LogP contribution in [0.2, 0.25) is 0 Å². The monoisotopic (exact) mass is 364 g/mol. The Morgan fingerprint density at radius 1 is 1.27 bits per heavy atom. The fourth-order valence-electron chi connectivity index (χ4n) is 2.82. The van der Waals surface area contributed by atoms with Crippen molar-refractivity contribution in [3.8, 4) is 0 Å². The van der Waals surface area contributed by atoms with Crippen LogP contribution in [-0.2, 0) is 16.1 Å². The Bertz CT molecular complexity index is 600. The smallest absolute Gasteiger partial charge is 0.410 e. The Kier molecular flexibility index (Phi) is 6.85. The number of carbonyl (C=O) groups excluding carboxylic acids is 2. The average molecular weight is 364 g/mol. The molecule has 0 bridgehead atoms. The van der Waals surface area contributed by atoms with Gasteiger partial charge in [0.05, 0.1) is 6.04 Å². The Labute approximate surface area is 154 Å². The Morgan fingerprint density at radius 2 is 1.96 bits per heavy atom. The van der Waals surface area contributed by atoms with E-state index in [1.165, 1.54) is 0 Å². The van der Waals surface area contributed by atoms with E-state index in [0.717, 1.165) is 5.56 Å². The van der Waals surface area contributed by atoms with Crippen LogP contribution in [0, 0.1) is 5.92 Å². The molecule has 144 valence electrons. The number of hydrogen-bond acceptors (Lipinski definition) is 5. The Balaban J connectivity index is 1.90. The Morgan fingerprint density at radius 3 is 2.58 bits per heavy atom. The van der Waals surface area contributed by atoms with Gasteiger partial charge in [0.2, 0.25) is 0 Å². The number of aliphatic hydroxyl groups is 1. The van der Waals surface area contributed by atoms with Gasteiger partial charge in [0.15, 0.2) is 0 Å². The van der Waals surface area contributed by atoms with E-state index in [2.05, 4.69) is 5.32 Å². The summed E-state index contributed by atoms with van der Waals surface area (Å²) in [4.78, 5) is 25.9. The number of ether oxygens (including phenoxy) is 2. The lowest BCUT2D eigenvalue weighted by molar-refractivity contribution is 0.0338. The van der Waals surface area contributed by atoms with Gasteiger partial charge in [0, 0.05) is 25.6 Å². The predicted octanol–water partition coefficient (Wildman–Crippen LogP) is 2.53. The minimum atomic E-state index is -0.609. The molecular weight excluding hydrogens is 336 g/mol. The molecular formula is C19H28N2O5. The van der Waals surface area contributed by atoms with Crippen LogP contribution in [0.1, 0.15) is 32.8 Å². The van der Waals surface area contributed by atoms with E-state index in [1.54, 1.807) is 25.7 Å². The number of aliphatic hydroxyl groups excluding tert-OH is 1. The summed E-state index contributed by atoms with van der Waals surface area (Å²) in [5.41, 5.74) is 0.302. The molecule has 0 aliphatic carbocycles. The number of alkyl carbamates (subject to hydrolysis) is 1. The number of piperidine rings is 1. The van der Waals surface area contributed by atoms with Crippen molar-refractivity contribution in [3.63, 3.8) is 0 Å².